The Kier molecular flexibility index (Phi) is 33.9. The minimum atomic E-state index is -0.462. The Morgan fingerprint density at radius 2 is 0.932 bits per heavy atom. The van der Waals surface area contributed by atoms with Crippen LogP contribution in [0.25, 0.3) is 0 Å². The van der Waals surface area contributed by atoms with Crippen molar-refractivity contribution < 1.29 is 24.2 Å². The van der Waals surface area contributed by atoms with Crippen LogP contribution in [0.5, 0.6) is 0 Å². The lowest BCUT2D eigenvalue weighted by Crippen LogP contribution is -2.39. The van der Waals surface area contributed by atoms with Crippen LogP contribution < -0.4 is 0 Å². The molecule has 15 nitrogen and oxygen atoms in total. The van der Waals surface area contributed by atoms with Gasteiger partial charge >= 0.3 is 5.97 Å². The highest BCUT2D eigenvalue weighted by Crippen LogP contribution is 2.37. The van der Waals surface area contributed by atoms with E-state index in [2.05, 4.69) is 223 Å². The number of esters is 1. The molecule has 0 spiro atoms. The van der Waals surface area contributed by atoms with Crippen LogP contribution in [0.1, 0.15) is 267 Å². The highest BCUT2D eigenvalue weighted by molar-refractivity contribution is 5.81. The third-order valence-corrected chi connectivity index (χ3v) is 17.2. The van der Waals surface area contributed by atoms with Gasteiger partial charge in [-0.15, -0.1) is 10.2 Å². The Balaban J connectivity index is 0.000000503. The molecule has 2 aromatic rings. The molecule has 0 saturated carbocycles. The van der Waals surface area contributed by atoms with Crippen molar-refractivity contribution in [3.63, 3.8) is 0 Å². The van der Waals surface area contributed by atoms with Crippen molar-refractivity contribution in [1.82, 2.24) is 49.6 Å². The molecule has 1 N–H and O–H groups in total. The number of nitrogens with zero attached hydrogens (tertiary/aromatic N) is 10. The Morgan fingerprint density at radius 3 is 1.17 bits per heavy atom. The Bertz CT molecular complexity index is 2150. The lowest BCUT2D eigenvalue weighted by molar-refractivity contribution is -0.143. The SMILES string of the molecule is CC(C)(C)C1CCOC1=O.CC(C)(C)CC1(O)CCOCC1.CN1CCC(C(C)(C)C)C1=O.CN1CCCC1CC(C)(C)C.CN1CCC[C@@H]1CC(C)(C)C.CN1CCC[C@H]1CC(C)(C)C.Cn1cc(CC(C)(C)C)nn1.Cn1nncc1CC(C)(C)C. The first-order valence-corrected chi connectivity index (χ1v) is 34.3. The van der Waals surface area contributed by atoms with E-state index in [0.717, 1.165) is 75.3 Å². The zero-order valence-electron chi connectivity index (χ0n) is 63.4. The van der Waals surface area contributed by atoms with Gasteiger partial charge in [0.1, 0.15) is 0 Å². The van der Waals surface area contributed by atoms with E-state index in [1.807, 2.05) is 43.1 Å². The number of hydrogen-bond acceptors (Lipinski definition) is 12. The fraction of sp³-hybridized carbons (Fsp3) is 0.918. The van der Waals surface area contributed by atoms with Gasteiger partial charge in [0.2, 0.25) is 5.91 Å². The van der Waals surface area contributed by atoms with E-state index in [0.29, 0.717) is 52.8 Å². The van der Waals surface area contributed by atoms with Crippen molar-refractivity contribution in [2.75, 3.05) is 74.2 Å². The zero-order chi connectivity index (χ0) is 68.1. The second-order valence-corrected chi connectivity index (χ2v) is 36.7. The predicted molar refractivity (Wildman–Crippen MR) is 370 cm³/mol. The molecule has 516 valence electrons. The van der Waals surface area contributed by atoms with Crippen LogP contribution in [-0.4, -0.2) is 164 Å². The van der Waals surface area contributed by atoms with Crippen molar-refractivity contribution in [2.45, 2.75) is 293 Å². The van der Waals surface area contributed by atoms with Gasteiger partial charge in [0.15, 0.2) is 0 Å². The molecule has 0 aliphatic carbocycles. The molecule has 6 fully saturated rings. The number of ether oxygens (including phenoxy) is 2. The molecule has 6 saturated heterocycles. The summed E-state index contributed by atoms with van der Waals surface area (Å²) in [7, 11) is 12.5. The van der Waals surface area contributed by atoms with Crippen LogP contribution in [0.2, 0.25) is 0 Å². The lowest BCUT2D eigenvalue weighted by atomic mass is 9.78. The molecule has 0 aromatic carbocycles. The number of aliphatic hydroxyl groups is 1. The van der Waals surface area contributed by atoms with Gasteiger partial charge in [0.25, 0.3) is 0 Å². The summed E-state index contributed by atoms with van der Waals surface area (Å²) in [6.07, 6.45) is 22.7. The molecule has 6 aliphatic heterocycles. The van der Waals surface area contributed by atoms with Gasteiger partial charge in [-0.05, 0) is 187 Å². The highest BCUT2D eigenvalue weighted by atomic mass is 16.5. The van der Waals surface area contributed by atoms with Crippen molar-refractivity contribution in [3.8, 4) is 0 Å². The largest absolute Gasteiger partial charge is 0.465 e. The van der Waals surface area contributed by atoms with Gasteiger partial charge in [-0.2, -0.15) is 0 Å². The van der Waals surface area contributed by atoms with Crippen molar-refractivity contribution >= 4 is 11.9 Å². The van der Waals surface area contributed by atoms with Crippen LogP contribution in [0, 0.1) is 55.2 Å². The average molecular weight is 1240 g/mol. The summed E-state index contributed by atoms with van der Waals surface area (Å²) in [6.45, 7) is 60.2. The summed E-state index contributed by atoms with van der Waals surface area (Å²) in [5.41, 5.74) is 4.36. The van der Waals surface area contributed by atoms with Crippen LogP contribution in [0.15, 0.2) is 12.4 Å². The summed E-state index contributed by atoms with van der Waals surface area (Å²) in [5.74, 6) is 0.657. The molecule has 6 aliphatic rings. The average Bonchev–Trinajstić information content (AvgIpc) is 3.46. The van der Waals surface area contributed by atoms with Crippen LogP contribution >= 0.6 is 0 Å². The Hall–Kier alpha value is -2.98. The molecular weight excluding hydrogens is 1100 g/mol. The van der Waals surface area contributed by atoms with Crippen LogP contribution in [-0.2, 0) is 46.0 Å². The fourth-order valence-corrected chi connectivity index (χ4v) is 12.7. The van der Waals surface area contributed by atoms with E-state index in [4.69, 9.17) is 9.47 Å². The number of amides is 1. The van der Waals surface area contributed by atoms with E-state index in [1.54, 1.807) is 4.68 Å². The second-order valence-electron chi connectivity index (χ2n) is 36.7. The van der Waals surface area contributed by atoms with Crippen molar-refractivity contribution in [2.24, 2.45) is 69.3 Å². The molecule has 2 aromatic heterocycles. The minimum Gasteiger partial charge on any atom is -0.465 e. The van der Waals surface area contributed by atoms with Gasteiger partial charge < -0.3 is 34.2 Å². The smallest absolute Gasteiger partial charge is 0.309 e. The first-order valence-electron chi connectivity index (χ1n) is 34.3. The number of cyclic esters (lactones) is 1. The zero-order valence-corrected chi connectivity index (χ0v) is 63.4. The summed E-state index contributed by atoms with van der Waals surface area (Å²) >= 11 is 0. The molecule has 1 amide bonds. The third kappa shape index (κ3) is 37.5. The van der Waals surface area contributed by atoms with Gasteiger partial charge in [-0.25, -0.2) is 0 Å². The molecule has 0 radical (unpaired) electrons. The highest BCUT2D eigenvalue weighted by Gasteiger charge is 2.39. The van der Waals surface area contributed by atoms with Crippen LogP contribution in [0.3, 0.4) is 0 Å². The molecule has 8 rings (SSSR count). The van der Waals surface area contributed by atoms with E-state index < -0.39 is 5.60 Å². The Labute approximate surface area is 543 Å². The maximum absolute atomic E-state index is 11.5. The van der Waals surface area contributed by atoms with Gasteiger partial charge in [-0.3, -0.25) is 19.0 Å². The number of hydrogen-bond donors (Lipinski definition) is 1. The molecule has 0 bridgehead atoms. The summed E-state index contributed by atoms with van der Waals surface area (Å²) in [4.78, 5) is 31.8. The third-order valence-electron chi connectivity index (χ3n) is 17.2. The van der Waals surface area contributed by atoms with Crippen molar-refractivity contribution in [1.29, 1.82) is 0 Å². The molecule has 15 heteroatoms. The number of carbonyl (C=O) groups is 2. The Morgan fingerprint density at radius 1 is 0.511 bits per heavy atom. The summed E-state index contributed by atoms with van der Waals surface area (Å²) < 4.78 is 13.6. The molecular formula is C73H144N10O5. The van der Waals surface area contributed by atoms with Crippen molar-refractivity contribution in [3.05, 3.63) is 23.8 Å². The standard InChI is InChI=1S/3C10H21N.C10H20O2.C9H17NO.2C8H15N3.C8H14O2/c3*1-10(2,3)8-9-6-5-7-11(9)4;1-9(2,3)8-10(11)4-6-12-7-5-10;1-9(2,3)7-5-6-10(4)8(7)11;1-8(2,3)5-7-6-11(4)10-9-7;1-8(2,3)5-7-6-9-10-11(7)4;1-8(2,3)6-4-5-10-7(6)9/h3*9H,5-8H2,1-4H3;11H,4-8H2,1-3H3;7H,5-6H2,1-4H3;2*6H,5H2,1-4H3;6H,4-5H2,1-3H3/t2*9-;;;;;;/m10....../s1. The van der Waals surface area contributed by atoms with E-state index in [9.17, 15) is 14.7 Å². The van der Waals surface area contributed by atoms with E-state index in [-0.39, 0.29) is 34.1 Å². The monoisotopic (exact) mass is 1240 g/mol. The summed E-state index contributed by atoms with van der Waals surface area (Å²) in [5, 5.41) is 25.7. The topological polar surface area (TPSA) is 147 Å². The minimum absolute atomic E-state index is 0.0208. The number of carbonyl (C=O) groups excluding carboxylic acids is 2. The number of aromatic nitrogens is 6. The molecule has 8 heterocycles. The van der Waals surface area contributed by atoms with Crippen LogP contribution in [0.4, 0.5) is 0 Å². The maximum Gasteiger partial charge on any atom is 0.309 e. The first kappa shape index (κ1) is 83.0. The van der Waals surface area contributed by atoms with E-state index in [1.165, 1.54) is 83.1 Å². The quantitative estimate of drug-likeness (QED) is 0.275. The predicted octanol–water partition coefficient (Wildman–Crippen LogP) is 15.4. The second kappa shape index (κ2) is 35.9. The molecule has 5 atom stereocenters. The molecule has 88 heavy (non-hydrogen) atoms. The number of aryl methyl sites for hydroxylation is 2. The number of likely N-dealkylation sites (tertiary alicyclic amines) is 4. The maximum atomic E-state index is 11.5. The first-order chi connectivity index (χ1) is 39.8. The van der Waals surface area contributed by atoms with Gasteiger partial charge in [-0.1, -0.05) is 177 Å². The van der Waals surface area contributed by atoms with E-state index >= 15 is 0 Å². The normalized spacial score (nSPS) is 23.0. The molecule has 3 unspecified atom stereocenters. The summed E-state index contributed by atoms with van der Waals surface area (Å²) in [6, 6.07) is 2.57. The van der Waals surface area contributed by atoms with Gasteiger partial charge in [0.05, 0.1) is 35.7 Å². The number of rotatable bonds is 6. The fourth-order valence-electron chi connectivity index (χ4n) is 12.7. The lowest BCUT2D eigenvalue weighted by Gasteiger charge is -2.37. The van der Waals surface area contributed by atoms with Gasteiger partial charge in [0, 0.05) is 71.1 Å².